The molecule has 3 heteroatoms. The first kappa shape index (κ1) is 13.7. The van der Waals surface area contributed by atoms with Gasteiger partial charge in [-0.3, -0.25) is 4.79 Å². The van der Waals surface area contributed by atoms with Crippen molar-refractivity contribution < 1.29 is 14.3 Å². The predicted octanol–water partition coefficient (Wildman–Crippen LogP) is 2.92. The van der Waals surface area contributed by atoms with Crippen LogP contribution in [0.1, 0.15) is 34.8 Å². The number of Topliss-reactive ketones (excluding diaryl/α,β-unsaturated/α-hetero) is 1. The minimum atomic E-state index is -0.360. The molecule has 0 spiro atoms. The number of ketones is 1. The number of hydrogen-bond acceptors (Lipinski definition) is 3. The smallest absolute Gasteiger partial charge is 0.191 e. The number of rotatable bonds is 5. The van der Waals surface area contributed by atoms with Crippen LogP contribution in [-0.2, 0) is 4.74 Å². The third-order valence-corrected chi connectivity index (χ3v) is 2.96. The second kappa shape index (κ2) is 5.82. The van der Waals surface area contributed by atoms with Gasteiger partial charge in [0.15, 0.2) is 5.78 Å². The first-order valence-corrected chi connectivity index (χ1v) is 5.77. The molecule has 3 nitrogen and oxygen atoms in total. The lowest BCUT2D eigenvalue weighted by Gasteiger charge is -2.15. The standard InChI is InChI=1S/C14H20O3/c1-6-12(16-4)14(15)11-7-10(3)13(17-5)8-9(11)2/h7-8,12H,6H2,1-5H3. The van der Waals surface area contributed by atoms with Gasteiger partial charge in [-0.15, -0.1) is 0 Å². The van der Waals surface area contributed by atoms with E-state index in [1.165, 1.54) is 0 Å². The monoisotopic (exact) mass is 236 g/mol. The van der Waals surface area contributed by atoms with Crippen molar-refractivity contribution in [1.82, 2.24) is 0 Å². The molecule has 0 saturated heterocycles. The van der Waals surface area contributed by atoms with Gasteiger partial charge in [-0.25, -0.2) is 0 Å². The molecule has 1 rings (SSSR count). The number of carbonyl (C=O) groups excluding carboxylic acids is 1. The number of hydrogen-bond donors (Lipinski definition) is 0. The molecule has 0 N–H and O–H groups in total. The zero-order valence-corrected chi connectivity index (χ0v) is 11.2. The van der Waals surface area contributed by atoms with Crippen molar-refractivity contribution in [1.29, 1.82) is 0 Å². The molecule has 17 heavy (non-hydrogen) atoms. The van der Waals surface area contributed by atoms with Gasteiger partial charge < -0.3 is 9.47 Å². The van der Waals surface area contributed by atoms with Crippen LogP contribution < -0.4 is 4.74 Å². The van der Waals surface area contributed by atoms with Gasteiger partial charge in [-0.1, -0.05) is 6.92 Å². The molecule has 0 bridgehead atoms. The SMILES string of the molecule is CCC(OC)C(=O)c1cc(C)c(OC)cc1C. The van der Waals surface area contributed by atoms with Crippen molar-refractivity contribution in [2.24, 2.45) is 0 Å². The summed E-state index contributed by atoms with van der Waals surface area (Å²) < 4.78 is 10.4. The zero-order chi connectivity index (χ0) is 13.0. The van der Waals surface area contributed by atoms with E-state index in [1.54, 1.807) is 14.2 Å². The van der Waals surface area contributed by atoms with Crippen LogP contribution in [-0.4, -0.2) is 26.1 Å². The molecule has 0 aliphatic carbocycles. The van der Waals surface area contributed by atoms with E-state index < -0.39 is 0 Å². The van der Waals surface area contributed by atoms with Crippen LogP contribution in [0.25, 0.3) is 0 Å². The van der Waals surface area contributed by atoms with Gasteiger partial charge >= 0.3 is 0 Å². The number of benzene rings is 1. The minimum Gasteiger partial charge on any atom is -0.496 e. The fraction of sp³-hybridized carbons (Fsp3) is 0.500. The van der Waals surface area contributed by atoms with Crippen molar-refractivity contribution >= 4 is 5.78 Å². The molecular weight excluding hydrogens is 216 g/mol. The molecule has 94 valence electrons. The lowest BCUT2D eigenvalue weighted by atomic mass is 9.97. The van der Waals surface area contributed by atoms with Gasteiger partial charge in [0.25, 0.3) is 0 Å². The Hall–Kier alpha value is -1.35. The van der Waals surface area contributed by atoms with Crippen molar-refractivity contribution in [3.63, 3.8) is 0 Å². The highest BCUT2D eigenvalue weighted by Crippen LogP contribution is 2.24. The summed E-state index contributed by atoms with van der Waals surface area (Å²) in [7, 11) is 3.20. The molecule has 0 aliphatic heterocycles. The normalized spacial score (nSPS) is 12.3. The fourth-order valence-corrected chi connectivity index (χ4v) is 1.91. The molecule has 1 unspecified atom stereocenters. The molecule has 1 atom stereocenters. The maximum absolute atomic E-state index is 12.2. The van der Waals surface area contributed by atoms with Crippen LogP contribution in [0.3, 0.4) is 0 Å². The zero-order valence-electron chi connectivity index (χ0n) is 11.2. The van der Waals surface area contributed by atoms with Crippen LogP contribution in [0, 0.1) is 13.8 Å². The van der Waals surface area contributed by atoms with E-state index in [1.807, 2.05) is 32.9 Å². The highest BCUT2D eigenvalue weighted by Gasteiger charge is 2.20. The second-order valence-corrected chi connectivity index (χ2v) is 4.13. The van der Waals surface area contributed by atoms with Gasteiger partial charge in [0.05, 0.1) is 7.11 Å². The number of methoxy groups -OCH3 is 2. The average molecular weight is 236 g/mol. The third kappa shape index (κ3) is 2.86. The van der Waals surface area contributed by atoms with E-state index in [2.05, 4.69) is 0 Å². The fourth-order valence-electron chi connectivity index (χ4n) is 1.91. The Kier molecular flexibility index (Phi) is 4.70. The Morgan fingerprint density at radius 3 is 2.35 bits per heavy atom. The lowest BCUT2D eigenvalue weighted by Crippen LogP contribution is -2.23. The predicted molar refractivity (Wildman–Crippen MR) is 67.9 cm³/mol. The van der Waals surface area contributed by atoms with Gasteiger partial charge in [0, 0.05) is 12.7 Å². The van der Waals surface area contributed by atoms with Crippen LogP contribution in [0.5, 0.6) is 5.75 Å². The Labute approximate surface area is 103 Å². The molecule has 1 aromatic carbocycles. The first-order valence-electron chi connectivity index (χ1n) is 5.77. The number of aryl methyl sites for hydroxylation is 2. The summed E-state index contributed by atoms with van der Waals surface area (Å²) in [6.07, 6.45) is 0.321. The van der Waals surface area contributed by atoms with Gasteiger partial charge in [0.1, 0.15) is 11.9 Å². The van der Waals surface area contributed by atoms with Gasteiger partial charge in [-0.2, -0.15) is 0 Å². The Bertz CT molecular complexity index is 406. The van der Waals surface area contributed by atoms with Crippen molar-refractivity contribution in [2.75, 3.05) is 14.2 Å². The van der Waals surface area contributed by atoms with Crippen molar-refractivity contribution in [3.8, 4) is 5.75 Å². The Morgan fingerprint density at radius 2 is 1.88 bits per heavy atom. The molecule has 0 aliphatic rings. The Morgan fingerprint density at radius 1 is 1.24 bits per heavy atom. The third-order valence-electron chi connectivity index (χ3n) is 2.96. The molecule has 0 fully saturated rings. The van der Waals surface area contributed by atoms with E-state index >= 15 is 0 Å². The summed E-state index contributed by atoms with van der Waals surface area (Å²) in [6, 6.07) is 3.77. The van der Waals surface area contributed by atoms with Crippen LogP contribution >= 0.6 is 0 Å². The summed E-state index contributed by atoms with van der Waals surface area (Å²) in [5.74, 6) is 0.850. The number of carbonyl (C=O) groups is 1. The van der Waals surface area contributed by atoms with E-state index in [-0.39, 0.29) is 11.9 Å². The molecule has 0 heterocycles. The average Bonchev–Trinajstić information content (AvgIpc) is 2.32. The van der Waals surface area contributed by atoms with Crippen molar-refractivity contribution in [2.45, 2.75) is 33.3 Å². The molecule has 0 aromatic heterocycles. The van der Waals surface area contributed by atoms with E-state index in [0.717, 1.165) is 22.4 Å². The van der Waals surface area contributed by atoms with Crippen LogP contribution in [0.4, 0.5) is 0 Å². The maximum Gasteiger partial charge on any atom is 0.191 e. The summed E-state index contributed by atoms with van der Waals surface area (Å²) in [5, 5.41) is 0. The summed E-state index contributed by atoms with van der Waals surface area (Å²) in [6.45, 7) is 5.79. The Balaban J connectivity index is 3.14. The molecular formula is C14H20O3. The summed E-state index contributed by atoms with van der Waals surface area (Å²) in [4.78, 5) is 12.2. The maximum atomic E-state index is 12.2. The lowest BCUT2D eigenvalue weighted by molar-refractivity contribution is 0.0595. The second-order valence-electron chi connectivity index (χ2n) is 4.13. The number of ether oxygens (including phenoxy) is 2. The van der Waals surface area contributed by atoms with E-state index in [9.17, 15) is 4.79 Å². The van der Waals surface area contributed by atoms with Crippen molar-refractivity contribution in [3.05, 3.63) is 28.8 Å². The minimum absolute atomic E-state index is 0.0400. The molecule has 1 aromatic rings. The van der Waals surface area contributed by atoms with Gasteiger partial charge in [-0.05, 0) is 43.5 Å². The quantitative estimate of drug-likeness (QED) is 0.737. The highest BCUT2D eigenvalue weighted by atomic mass is 16.5. The molecule has 0 amide bonds. The first-order chi connectivity index (χ1) is 8.04. The summed E-state index contributed by atoms with van der Waals surface area (Å²) >= 11 is 0. The van der Waals surface area contributed by atoms with Crippen LogP contribution in [0.15, 0.2) is 12.1 Å². The summed E-state index contributed by atoms with van der Waals surface area (Å²) in [5.41, 5.74) is 2.61. The molecule has 0 saturated carbocycles. The largest absolute Gasteiger partial charge is 0.496 e. The van der Waals surface area contributed by atoms with E-state index in [4.69, 9.17) is 9.47 Å². The molecule has 0 radical (unpaired) electrons. The highest BCUT2D eigenvalue weighted by molar-refractivity contribution is 6.01. The topological polar surface area (TPSA) is 35.5 Å². The van der Waals surface area contributed by atoms with E-state index in [0.29, 0.717) is 6.42 Å². The van der Waals surface area contributed by atoms with Gasteiger partial charge in [0.2, 0.25) is 0 Å². The van der Waals surface area contributed by atoms with Crippen LogP contribution in [0.2, 0.25) is 0 Å².